The van der Waals surface area contributed by atoms with E-state index in [4.69, 9.17) is 0 Å². The fraction of sp³-hybridized carbons (Fsp3) is 0.353. The number of benzene rings is 1. The van der Waals surface area contributed by atoms with Gasteiger partial charge in [-0.1, -0.05) is 12.1 Å². The number of amides is 1. The lowest BCUT2D eigenvalue weighted by atomic mass is 10.1. The number of sulfonamides is 1. The van der Waals surface area contributed by atoms with Gasteiger partial charge in [0.1, 0.15) is 0 Å². The number of rotatable bonds is 7. The van der Waals surface area contributed by atoms with Crippen molar-refractivity contribution in [2.45, 2.75) is 17.5 Å². The zero-order valence-electron chi connectivity index (χ0n) is 14.4. The van der Waals surface area contributed by atoms with Gasteiger partial charge in [-0.25, -0.2) is 13.1 Å². The predicted molar refractivity (Wildman–Crippen MR) is 107 cm³/mol. The van der Waals surface area contributed by atoms with Gasteiger partial charge in [-0.15, -0.1) is 23.7 Å². The number of nitrogens with one attached hydrogen (secondary N) is 3. The van der Waals surface area contributed by atoms with Crippen LogP contribution in [0, 0.1) is 5.92 Å². The number of β-amino-alcohol motifs (C(OH)–C–C–N with tert-alkyl or cyclic N) is 1. The molecule has 2 unspecified atom stereocenters. The van der Waals surface area contributed by atoms with E-state index in [1.54, 1.807) is 12.1 Å². The Bertz CT molecular complexity index is 859. The molecule has 10 heteroatoms. The van der Waals surface area contributed by atoms with Crippen molar-refractivity contribution in [3.8, 4) is 0 Å². The average Bonchev–Trinajstić information content (AvgIpc) is 3.30. The second kappa shape index (κ2) is 9.63. The van der Waals surface area contributed by atoms with E-state index in [9.17, 15) is 18.3 Å². The van der Waals surface area contributed by atoms with Crippen molar-refractivity contribution in [1.29, 1.82) is 0 Å². The summed E-state index contributed by atoms with van der Waals surface area (Å²) in [5.74, 6) is -0.405. The lowest BCUT2D eigenvalue weighted by molar-refractivity contribution is 0.0927. The Balaban J connectivity index is 0.00000261. The molecule has 0 bridgehead atoms. The number of hydrogen-bond donors (Lipinski definition) is 4. The molecule has 1 aliphatic rings. The molecule has 1 aromatic heterocycles. The van der Waals surface area contributed by atoms with Gasteiger partial charge in [0.05, 0.1) is 11.0 Å². The predicted octanol–water partition coefficient (Wildman–Crippen LogP) is 0.959. The van der Waals surface area contributed by atoms with Crippen molar-refractivity contribution >= 4 is 39.7 Å². The smallest absolute Gasteiger partial charge is 0.251 e. The first kappa shape index (κ1) is 21.8. The van der Waals surface area contributed by atoms with E-state index in [0.717, 1.165) is 4.88 Å². The van der Waals surface area contributed by atoms with E-state index >= 15 is 0 Å². The maximum atomic E-state index is 12.4. The monoisotopic (exact) mass is 431 g/mol. The molecule has 2 heterocycles. The molecule has 0 spiro atoms. The van der Waals surface area contributed by atoms with Gasteiger partial charge in [-0.05, 0) is 29.6 Å². The molecule has 2 aromatic rings. The second-order valence-corrected chi connectivity index (χ2v) is 8.93. The van der Waals surface area contributed by atoms with Crippen LogP contribution in [0.25, 0.3) is 0 Å². The van der Waals surface area contributed by atoms with Crippen LogP contribution in [0.3, 0.4) is 0 Å². The topological polar surface area (TPSA) is 108 Å². The SMILES string of the molecule is Cl.O=C(NCC1CNCC1O)c1cccc(S(=O)(=O)NCc2cccs2)c1. The molecular formula is C17H22ClN3O4S2. The molecule has 1 amide bonds. The standard InChI is InChI=1S/C17H21N3O4S2.ClH/c21-16-11-18-8-13(16)9-19-17(22)12-3-1-5-15(7-12)26(23,24)20-10-14-4-2-6-25-14;/h1-7,13,16,18,20-21H,8-11H2,(H,19,22);1H. The second-order valence-electron chi connectivity index (χ2n) is 6.13. The first-order valence-electron chi connectivity index (χ1n) is 8.25. The highest BCUT2D eigenvalue weighted by Crippen LogP contribution is 2.14. The fourth-order valence-corrected chi connectivity index (χ4v) is 4.51. The van der Waals surface area contributed by atoms with Crippen LogP contribution in [0.15, 0.2) is 46.7 Å². The molecule has 0 saturated carbocycles. The third kappa shape index (κ3) is 5.74. The van der Waals surface area contributed by atoms with Crippen LogP contribution in [0.1, 0.15) is 15.2 Å². The summed E-state index contributed by atoms with van der Waals surface area (Å²) in [4.78, 5) is 13.3. The molecule has 2 atom stereocenters. The molecule has 27 heavy (non-hydrogen) atoms. The Kier molecular flexibility index (Phi) is 7.78. The molecule has 1 aliphatic heterocycles. The van der Waals surface area contributed by atoms with Gasteiger partial charge >= 0.3 is 0 Å². The third-order valence-electron chi connectivity index (χ3n) is 4.25. The molecule has 1 aromatic carbocycles. The Labute approximate surface area is 168 Å². The van der Waals surface area contributed by atoms with Gasteiger partial charge in [0.15, 0.2) is 0 Å². The van der Waals surface area contributed by atoms with E-state index in [2.05, 4.69) is 15.4 Å². The van der Waals surface area contributed by atoms with Gasteiger partial charge in [0.25, 0.3) is 5.91 Å². The fourth-order valence-electron chi connectivity index (χ4n) is 2.72. The highest BCUT2D eigenvalue weighted by molar-refractivity contribution is 7.89. The van der Waals surface area contributed by atoms with Crippen molar-refractivity contribution in [2.24, 2.45) is 5.92 Å². The van der Waals surface area contributed by atoms with Gasteiger partial charge in [-0.2, -0.15) is 0 Å². The summed E-state index contributed by atoms with van der Waals surface area (Å²) in [5.41, 5.74) is 0.268. The van der Waals surface area contributed by atoms with Crippen molar-refractivity contribution in [3.63, 3.8) is 0 Å². The number of halogens is 1. The van der Waals surface area contributed by atoms with E-state index in [0.29, 0.717) is 19.6 Å². The first-order chi connectivity index (χ1) is 12.5. The Morgan fingerprint density at radius 2 is 2.07 bits per heavy atom. The molecule has 1 saturated heterocycles. The van der Waals surface area contributed by atoms with Crippen LogP contribution < -0.4 is 15.4 Å². The van der Waals surface area contributed by atoms with Gasteiger partial charge in [-0.3, -0.25) is 4.79 Å². The van der Waals surface area contributed by atoms with Crippen molar-refractivity contribution in [3.05, 3.63) is 52.2 Å². The molecule has 0 aliphatic carbocycles. The number of carbonyl (C=O) groups is 1. The maximum Gasteiger partial charge on any atom is 0.251 e. The number of hydrogen-bond acceptors (Lipinski definition) is 6. The largest absolute Gasteiger partial charge is 0.391 e. The first-order valence-corrected chi connectivity index (χ1v) is 10.6. The van der Waals surface area contributed by atoms with Crippen LogP contribution in [0.5, 0.6) is 0 Å². The van der Waals surface area contributed by atoms with E-state index in [1.807, 2.05) is 17.5 Å². The summed E-state index contributed by atoms with van der Waals surface area (Å²) >= 11 is 1.47. The summed E-state index contributed by atoms with van der Waals surface area (Å²) in [7, 11) is -3.71. The Hall–Kier alpha value is -1.49. The summed E-state index contributed by atoms with van der Waals surface area (Å²) in [5, 5.41) is 17.4. The molecular weight excluding hydrogens is 410 g/mol. The normalized spacial score (nSPS) is 19.4. The number of carbonyl (C=O) groups excluding carboxylic acids is 1. The molecule has 7 nitrogen and oxygen atoms in total. The molecule has 4 N–H and O–H groups in total. The average molecular weight is 432 g/mol. The summed E-state index contributed by atoms with van der Waals surface area (Å²) in [6, 6.07) is 9.63. The summed E-state index contributed by atoms with van der Waals surface area (Å²) in [6.45, 7) is 1.70. The molecule has 0 radical (unpaired) electrons. The number of aliphatic hydroxyl groups is 1. The van der Waals surface area contributed by atoms with Gasteiger partial charge < -0.3 is 15.7 Å². The minimum atomic E-state index is -3.71. The highest BCUT2D eigenvalue weighted by Gasteiger charge is 2.25. The third-order valence-corrected chi connectivity index (χ3v) is 6.53. The summed E-state index contributed by atoms with van der Waals surface area (Å²) < 4.78 is 27.4. The summed E-state index contributed by atoms with van der Waals surface area (Å²) in [6.07, 6.45) is -0.483. The van der Waals surface area contributed by atoms with Gasteiger partial charge in [0, 0.05) is 42.5 Å². The van der Waals surface area contributed by atoms with E-state index < -0.39 is 16.1 Å². The van der Waals surface area contributed by atoms with Gasteiger partial charge in [0.2, 0.25) is 10.0 Å². The molecule has 1 fully saturated rings. The van der Waals surface area contributed by atoms with Crippen LogP contribution in [-0.4, -0.2) is 45.2 Å². The highest BCUT2D eigenvalue weighted by atomic mass is 35.5. The lowest BCUT2D eigenvalue weighted by Crippen LogP contribution is -2.34. The number of aliphatic hydroxyl groups excluding tert-OH is 1. The zero-order chi connectivity index (χ0) is 18.6. The van der Waals surface area contributed by atoms with Crippen molar-refractivity contribution in [2.75, 3.05) is 19.6 Å². The van der Waals surface area contributed by atoms with Crippen molar-refractivity contribution in [1.82, 2.24) is 15.4 Å². The molecule has 3 rings (SSSR count). The van der Waals surface area contributed by atoms with Crippen LogP contribution in [-0.2, 0) is 16.6 Å². The van der Waals surface area contributed by atoms with E-state index in [1.165, 1.54) is 23.5 Å². The Morgan fingerprint density at radius 1 is 1.26 bits per heavy atom. The minimum Gasteiger partial charge on any atom is -0.391 e. The quantitative estimate of drug-likeness (QED) is 0.522. The minimum absolute atomic E-state index is 0. The lowest BCUT2D eigenvalue weighted by Gasteiger charge is -2.14. The van der Waals surface area contributed by atoms with E-state index in [-0.39, 0.29) is 41.2 Å². The molecule has 148 valence electrons. The van der Waals surface area contributed by atoms with Crippen LogP contribution in [0.4, 0.5) is 0 Å². The zero-order valence-corrected chi connectivity index (χ0v) is 16.9. The number of thiophene rings is 1. The van der Waals surface area contributed by atoms with Crippen molar-refractivity contribution < 1.29 is 18.3 Å². The van der Waals surface area contributed by atoms with Crippen LogP contribution in [0.2, 0.25) is 0 Å². The van der Waals surface area contributed by atoms with Crippen LogP contribution >= 0.6 is 23.7 Å². The maximum absolute atomic E-state index is 12.4. The Morgan fingerprint density at radius 3 is 2.74 bits per heavy atom.